The van der Waals surface area contributed by atoms with Gasteiger partial charge in [0.1, 0.15) is 0 Å². The highest BCUT2D eigenvalue weighted by atomic mass is 28.4. The number of rotatable bonds is 3. The lowest BCUT2D eigenvalue weighted by Crippen LogP contribution is -2.40. The highest BCUT2D eigenvalue weighted by Gasteiger charge is 2.19. The van der Waals surface area contributed by atoms with Gasteiger partial charge in [0.25, 0.3) is 30.0 Å². The first kappa shape index (κ1) is 11.7. The standard InChI is InChI=1S/C3H15NO5Si4/c1-3-4(2)5-13-8-11-6-10-7-12-9-13/h13H,3,10-12H2,1-2H3. The molecule has 10 heteroatoms. The van der Waals surface area contributed by atoms with Crippen LogP contribution in [0.3, 0.4) is 0 Å². The van der Waals surface area contributed by atoms with Gasteiger partial charge in [0.2, 0.25) is 0 Å². The van der Waals surface area contributed by atoms with Crippen LogP contribution in [-0.2, 0) is 21.0 Å². The van der Waals surface area contributed by atoms with Crippen molar-refractivity contribution in [3.8, 4) is 0 Å². The molecule has 1 aliphatic heterocycles. The zero-order valence-electron chi connectivity index (χ0n) is 7.89. The van der Waals surface area contributed by atoms with Crippen molar-refractivity contribution >= 4 is 39.5 Å². The molecule has 0 bridgehead atoms. The van der Waals surface area contributed by atoms with Crippen molar-refractivity contribution in [2.24, 2.45) is 0 Å². The fourth-order valence-electron chi connectivity index (χ4n) is 0.665. The van der Waals surface area contributed by atoms with Crippen molar-refractivity contribution in [2.75, 3.05) is 13.6 Å². The van der Waals surface area contributed by atoms with Crippen LogP contribution in [0, 0.1) is 0 Å². The minimum atomic E-state index is -1.95. The van der Waals surface area contributed by atoms with Crippen LogP contribution < -0.4 is 0 Å². The third-order valence-electron chi connectivity index (χ3n) is 1.45. The summed E-state index contributed by atoms with van der Waals surface area (Å²) in [7, 11) is -2.68. The van der Waals surface area contributed by atoms with Crippen molar-refractivity contribution < 1.29 is 21.0 Å². The summed E-state index contributed by atoms with van der Waals surface area (Å²) in [5.74, 6) is 0. The lowest BCUT2D eigenvalue weighted by atomic mass is 10.8. The average Bonchev–Trinajstić information content (AvgIpc) is 2.09. The zero-order chi connectivity index (χ0) is 9.52. The maximum absolute atomic E-state index is 5.43. The van der Waals surface area contributed by atoms with Gasteiger partial charge in [0.15, 0.2) is 0 Å². The summed E-state index contributed by atoms with van der Waals surface area (Å²) < 4.78 is 26.7. The molecule has 0 amide bonds. The van der Waals surface area contributed by atoms with E-state index in [1.165, 1.54) is 0 Å². The highest BCUT2D eigenvalue weighted by molar-refractivity contribution is 6.56. The van der Waals surface area contributed by atoms with Crippen LogP contribution >= 0.6 is 0 Å². The summed E-state index contributed by atoms with van der Waals surface area (Å²) >= 11 is 0. The van der Waals surface area contributed by atoms with E-state index in [9.17, 15) is 0 Å². The first-order chi connectivity index (χ1) is 6.33. The highest BCUT2D eigenvalue weighted by Crippen LogP contribution is 1.96. The summed E-state index contributed by atoms with van der Waals surface area (Å²) in [4.78, 5) is 0. The van der Waals surface area contributed by atoms with Crippen LogP contribution in [0.2, 0.25) is 0 Å². The van der Waals surface area contributed by atoms with Gasteiger partial charge in [-0.05, 0) is 0 Å². The largest absolute Gasteiger partial charge is 0.482 e. The first-order valence-electron chi connectivity index (χ1n) is 4.09. The van der Waals surface area contributed by atoms with E-state index in [-0.39, 0.29) is 0 Å². The van der Waals surface area contributed by atoms with Crippen LogP contribution in [0.4, 0.5) is 0 Å². The Morgan fingerprint density at radius 2 is 1.85 bits per heavy atom. The van der Waals surface area contributed by atoms with Gasteiger partial charge in [0, 0.05) is 13.6 Å². The molecule has 0 N–H and O–H groups in total. The number of hydrogen-bond donors (Lipinski definition) is 0. The number of hydroxylamine groups is 2. The second kappa shape index (κ2) is 6.99. The van der Waals surface area contributed by atoms with E-state index in [2.05, 4.69) is 0 Å². The van der Waals surface area contributed by atoms with Crippen molar-refractivity contribution in [1.82, 2.24) is 5.06 Å². The molecular formula is C3H15NO5Si4. The molecule has 1 heterocycles. The molecule has 6 nitrogen and oxygen atoms in total. The van der Waals surface area contributed by atoms with Gasteiger partial charge in [-0.3, -0.25) is 4.53 Å². The van der Waals surface area contributed by atoms with Crippen LogP contribution in [0.15, 0.2) is 0 Å². The molecular weight excluding hydrogens is 242 g/mol. The molecule has 0 saturated carbocycles. The molecule has 0 spiro atoms. The lowest BCUT2D eigenvalue weighted by Gasteiger charge is -2.23. The summed E-state index contributed by atoms with van der Waals surface area (Å²) in [6.07, 6.45) is 0. The third kappa shape index (κ3) is 5.16. The van der Waals surface area contributed by atoms with Gasteiger partial charge < -0.3 is 16.5 Å². The Kier molecular flexibility index (Phi) is 6.29. The Hall–Kier alpha value is 0.628. The maximum Gasteiger partial charge on any atom is 0.482 e. The zero-order valence-corrected chi connectivity index (χ0v) is 13.3. The van der Waals surface area contributed by atoms with Gasteiger partial charge in [-0.2, -0.15) is 0 Å². The summed E-state index contributed by atoms with van der Waals surface area (Å²) in [6.45, 7) is 2.82. The van der Waals surface area contributed by atoms with Crippen molar-refractivity contribution in [3.63, 3.8) is 0 Å². The molecule has 0 aliphatic carbocycles. The Morgan fingerprint density at radius 3 is 2.38 bits per heavy atom. The molecule has 0 radical (unpaired) electrons. The molecule has 13 heavy (non-hydrogen) atoms. The van der Waals surface area contributed by atoms with Crippen LogP contribution in [0.1, 0.15) is 6.92 Å². The molecule has 0 aromatic rings. The Morgan fingerprint density at radius 1 is 1.23 bits per heavy atom. The van der Waals surface area contributed by atoms with E-state index in [1.54, 1.807) is 5.06 Å². The van der Waals surface area contributed by atoms with Crippen molar-refractivity contribution in [3.05, 3.63) is 0 Å². The van der Waals surface area contributed by atoms with Crippen LogP contribution in [0.5, 0.6) is 0 Å². The van der Waals surface area contributed by atoms with Gasteiger partial charge in [-0.1, -0.05) is 6.92 Å². The Labute approximate surface area is 86.6 Å². The van der Waals surface area contributed by atoms with Gasteiger partial charge in [0.05, 0.1) is 0 Å². The van der Waals surface area contributed by atoms with E-state index in [1.807, 2.05) is 14.0 Å². The first-order valence-corrected chi connectivity index (χ1v) is 8.97. The normalized spacial score (nSPS) is 31.2. The second-order valence-electron chi connectivity index (χ2n) is 2.43. The Bertz CT molecular complexity index is 133. The molecule has 1 saturated heterocycles. The van der Waals surface area contributed by atoms with Crippen LogP contribution in [0.25, 0.3) is 0 Å². The van der Waals surface area contributed by atoms with Crippen LogP contribution in [-0.4, -0.2) is 58.2 Å². The van der Waals surface area contributed by atoms with Gasteiger partial charge in [-0.25, -0.2) is 5.06 Å². The molecule has 0 unspecified atom stereocenters. The average molecular weight is 257 g/mol. The van der Waals surface area contributed by atoms with E-state index >= 15 is 0 Å². The molecule has 78 valence electrons. The molecule has 0 aromatic carbocycles. The molecule has 0 atom stereocenters. The van der Waals surface area contributed by atoms with E-state index in [4.69, 9.17) is 21.0 Å². The summed E-state index contributed by atoms with van der Waals surface area (Å²) in [5, 5.41) is 1.72. The van der Waals surface area contributed by atoms with Crippen molar-refractivity contribution in [2.45, 2.75) is 6.92 Å². The predicted octanol–water partition coefficient (Wildman–Crippen LogP) is -3.34. The lowest BCUT2D eigenvalue weighted by molar-refractivity contribution is -0.0645. The minimum absolute atomic E-state index is 0.777. The summed E-state index contributed by atoms with van der Waals surface area (Å²) in [6, 6.07) is 0. The van der Waals surface area contributed by atoms with E-state index in [0.29, 0.717) is 0 Å². The molecule has 1 fully saturated rings. The smallest absolute Gasteiger partial charge is 0.425 e. The van der Waals surface area contributed by atoms with Gasteiger partial charge in [-0.15, -0.1) is 0 Å². The number of nitrogens with zero attached hydrogens (tertiary/aromatic N) is 1. The fraction of sp³-hybridized carbons (Fsp3) is 1.00. The SMILES string of the molecule is CCN(C)O[SiH]1O[SiH2]O[SiH2]O[SiH2]O1. The topological polar surface area (TPSA) is 49.4 Å². The molecule has 0 aromatic heterocycles. The maximum atomic E-state index is 5.43. The fourth-order valence-corrected chi connectivity index (χ4v) is 8.31. The third-order valence-corrected chi connectivity index (χ3v) is 7.92. The van der Waals surface area contributed by atoms with E-state index < -0.39 is 39.5 Å². The minimum Gasteiger partial charge on any atom is -0.425 e. The van der Waals surface area contributed by atoms with Gasteiger partial charge >= 0.3 is 9.53 Å². The second-order valence-corrected chi connectivity index (χ2v) is 9.86. The Balaban J connectivity index is 2.21. The predicted molar refractivity (Wildman–Crippen MR) is 56.5 cm³/mol. The summed E-state index contributed by atoms with van der Waals surface area (Å²) in [5.41, 5.74) is 0. The number of hydrogen-bond acceptors (Lipinski definition) is 6. The van der Waals surface area contributed by atoms with E-state index in [0.717, 1.165) is 6.54 Å². The quantitative estimate of drug-likeness (QED) is 0.389. The molecule has 1 rings (SSSR count). The monoisotopic (exact) mass is 257 g/mol. The molecule has 1 aliphatic rings. The van der Waals surface area contributed by atoms with Crippen molar-refractivity contribution in [1.29, 1.82) is 0 Å².